The Morgan fingerprint density at radius 1 is 1.35 bits per heavy atom. The fraction of sp³-hybridized carbons (Fsp3) is 0.412. The van der Waals surface area contributed by atoms with E-state index < -0.39 is 24.7 Å². The zero-order valence-electron chi connectivity index (χ0n) is 14.8. The molecule has 26 heavy (non-hydrogen) atoms. The summed E-state index contributed by atoms with van der Waals surface area (Å²) in [6.07, 6.45) is 0. The van der Waals surface area contributed by atoms with Gasteiger partial charge < -0.3 is 24.4 Å². The second-order valence-corrected chi connectivity index (χ2v) is 5.45. The van der Waals surface area contributed by atoms with Crippen molar-refractivity contribution in [2.24, 2.45) is 0 Å². The van der Waals surface area contributed by atoms with Gasteiger partial charge in [0.15, 0.2) is 11.5 Å². The van der Waals surface area contributed by atoms with Crippen molar-refractivity contribution in [2.45, 2.75) is 26.5 Å². The van der Waals surface area contributed by atoms with Crippen LogP contribution in [0.15, 0.2) is 29.5 Å². The molecule has 0 saturated carbocycles. The fourth-order valence-corrected chi connectivity index (χ4v) is 2.63. The lowest BCUT2D eigenvalue weighted by Crippen LogP contribution is -2.46. The van der Waals surface area contributed by atoms with Crippen molar-refractivity contribution in [3.8, 4) is 11.5 Å². The lowest BCUT2D eigenvalue weighted by Gasteiger charge is -2.33. The number of hydrogen-bond donors (Lipinski definition) is 1. The van der Waals surface area contributed by atoms with E-state index in [1.807, 2.05) is 0 Å². The Morgan fingerprint density at radius 2 is 2.04 bits per heavy atom. The van der Waals surface area contributed by atoms with E-state index >= 15 is 0 Å². The number of ether oxygens (including phenoxy) is 3. The molecule has 1 atom stereocenters. The number of benzene rings is 1. The van der Waals surface area contributed by atoms with Gasteiger partial charge in [-0.05, 0) is 31.5 Å². The third-order valence-corrected chi connectivity index (χ3v) is 3.98. The minimum Gasteiger partial charge on any atom is -0.490 e. The molecule has 7 nitrogen and oxygen atoms in total. The van der Waals surface area contributed by atoms with E-state index in [0.29, 0.717) is 11.3 Å². The lowest BCUT2D eigenvalue weighted by molar-refractivity contribution is -0.136. The normalized spacial score (nSPS) is 17.3. The maximum absolute atomic E-state index is 12.5. The summed E-state index contributed by atoms with van der Waals surface area (Å²) in [5.74, 6) is -0.657. The molecule has 1 aliphatic heterocycles. The number of hydrogen-bond acceptors (Lipinski definition) is 5. The van der Waals surface area contributed by atoms with Gasteiger partial charge in [0, 0.05) is 12.7 Å². The summed E-state index contributed by atoms with van der Waals surface area (Å²) in [6, 6.07) is 3.01. The van der Waals surface area contributed by atoms with Gasteiger partial charge in [-0.3, -0.25) is 0 Å². The number of allylic oxidation sites excluding steroid dienone is 1. The smallest absolute Gasteiger partial charge is 0.387 e. The van der Waals surface area contributed by atoms with Gasteiger partial charge in [0.25, 0.3) is 0 Å². The Hall–Kier alpha value is -2.84. The summed E-state index contributed by atoms with van der Waals surface area (Å²) in [5, 5.41) is 2.69. The molecule has 0 spiro atoms. The Kier molecular flexibility index (Phi) is 6.01. The molecule has 0 unspecified atom stereocenters. The van der Waals surface area contributed by atoms with Crippen LogP contribution in [0.5, 0.6) is 11.5 Å². The Balaban J connectivity index is 2.52. The molecule has 0 fully saturated rings. The SMILES string of the molecule is CCOc1cc([C@@H]2NC(=O)N(C)C(C)=C2C(=O)OC)ccc1OC(F)F. The molecule has 1 N–H and O–H groups in total. The zero-order valence-corrected chi connectivity index (χ0v) is 14.8. The van der Waals surface area contributed by atoms with Crippen molar-refractivity contribution >= 4 is 12.0 Å². The van der Waals surface area contributed by atoms with Crippen molar-refractivity contribution in [2.75, 3.05) is 20.8 Å². The first-order chi connectivity index (χ1) is 12.3. The van der Waals surface area contributed by atoms with Crippen LogP contribution in [0.25, 0.3) is 0 Å². The maximum Gasteiger partial charge on any atom is 0.387 e. The molecule has 1 heterocycles. The average Bonchev–Trinajstić information content (AvgIpc) is 2.60. The molecule has 0 saturated heterocycles. The number of alkyl halides is 2. The predicted octanol–water partition coefficient (Wildman–Crippen LogP) is 2.83. The highest BCUT2D eigenvalue weighted by Gasteiger charge is 2.35. The van der Waals surface area contributed by atoms with Gasteiger partial charge in [-0.15, -0.1) is 0 Å². The number of carbonyl (C=O) groups is 2. The molecule has 1 aromatic rings. The molecule has 2 amide bonds. The summed E-state index contributed by atoms with van der Waals surface area (Å²) in [6.45, 7) is 0.535. The van der Waals surface area contributed by atoms with Gasteiger partial charge in [0.1, 0.15) is 0 Å². The predicted molar refractivity (Wildman–Crippen MR) is 88.0 cm³/mol. The molecule has 2 rings (SSSR count). The van der Waals surface area contributed by atoms with Gasteiger partial charge in [0.2, 0.25) is 0 Å². The van der Waals surface area contributed by atoms with Crippen LogP contribution < -0.4 is 14.8 Å². The van der Waals surface area contributed by atoms with E-state index in [2.05, 4.69) is 10.1 Å². The number of methoxy groups -OCH3 is 1. The summed E-state index contributed by atoms with van der Waals surface area (Å²) < 4.78 is 39.7. The van der Waals surface area contributed by atoms with Crippen molar-refractivity contribution < 1.29 is 32.6 Å². The van der Waals surface area contributed by atoms with Crippen LogP contribution in [-0.2, 0) is 9.53 Å². The largest absolute Gasteiger partial charge is 0.490 e. The van der Waals surface area contributed by atoms with E-state index in [-0.39, 0.29) is 23.7 Å². The number of amides is 2. The van der Waals surface area contributed by atoms with Gasteiger partial charge in [-0.1, -0.05) is 6.07 Å². The average molecular weight is 370 g/mol. The monoisotopic (exact) mass is 370 g/mol. The highest BCUT2D eigenvalue weighted by Crippen LogP contribution is 2.36. The van der Waals surface area contributed by atoms with Crippen LogP contribution in [0.4, 0.5) is 13.6 Å². The summed E-state index contributed by atoms with van der Waals surface area (Å²) in [4.78, 5) is 25.7. The van der Waals surface area contributed by atoms with Crippen LogP contribution in [0.1, 0.15) is 25.5 Å². The van der Waals surface area contributed by atoms with Crippen molar-refractivity contribution in [1.29, 1.82) is 0 Å². The molecule has 0 aromatic heterocycles. The molecule has 0 aliphatic carbocycles. The Labute approximate surface area is 149 Å². The van der Waals surface area contributed by atoms with Crippen LogP contribution >= 0.6 is 0 Å². The molecular weight excluding hydrogens is 350 g/mol. The quantitative estimate of drug-likeness (QED) is 0.780. The molecule has 0 bridgehead atoms. The first kappa shape index (κ1) is 19.5. The van der Waals surface area contributed by atoms with Gasteiger partial charge in [-0.2, -0.15) is 8.78 Å². The topological polar surface area (TPSA) is 77.1 Å². The highest BCUT2D eigenvalue weighted by molar-refractivity contribution is 5.94. The second kappa shape index (κ2) is 8.03. The third-order valence-electron chi connectivity index (χ3n) is 3.98. The number of urea groups is 1. The highest BCUT2D eigenvalue weighted by atomic mass is 19.3. The fourth-order valence-electron chi connectivity index (χ4n) is 2.63. The standard InChI is InChI=1S/C17H20F2N2O5/c1-5-25-12-8-10(6-7-11(12)26-16(18)19)14-13(15(22)24-4)9(2)21(3)17(23)20-14/h6-8,14,16H,5H2,1-4H3,(H,20,23)/t14-/m0/s1. The van der Waals surface area contributed by atoms with Crippen molar-refractivity contribution in [3.63, 3.8) is 0 Å². The van der Waals surface area contributed by atoms with Crippen LogP contribution in [0.3, 0.4) is 0 Å². The number of nitrogens with one attached hydrogen (secondary N) is 1. The summed E-state index contributed by atoms with van der Waals surface area (Å²) in [7, 11) is 2.76. The van der Waals surface area contributed by atoms with E-state index in [0.717, 1.165) is 0 Å². The zero-order chi connectivity index (χ0) is 19.4. The van der Waals surface area contributed by atoms with Crippen molar-refractivity contribution in [1.82, 2.24) is 10.2 Å². The molecule has 9 heteroatoms. The minimum absolute atomic E-state index is 0.0837. The van der Waals surface area contributed by atoms with E-state index in [1.54, 1.807) is 13.8 Å². The summed E-state index contributed by atoms with van der Waals surface area (Å²) >= 11 is 0. The molecule has 0 radical (unpaired) electrons. The van der Waals surface area contributed by atoms with E-state index in [4.69, 9.17) is 9.47 Å². The molecular formula is C17H20F2N2O5. The van der Waals surface area contributed by atoms with E-state index in [9.17, 15) is 18.4 Å². The van der Waals surface area contributed by atoms with Gasteiger partial charge in [-0.25, -0.2) is 9.59 Å². The number of rotatable bonds is 6. The second-order valence-electron chi connectivity index (χ2n) is 5.45. The molecule has 142 valence electrons. The van der Waals surface area contributed by atoms with Gasteiger partial charge in [0.05, 0.1) is 25.3 Å². The van der Waals surface area contributed by atoms with Crippen LogP contribution in [-0.4, -0.2) is 44.3 Å². The van der Waals surface area contributed by atoms with Crippen molar-refractivity contribution in [3.05, 3.63) is 35.0 Å². The minimum atomic E-state index is -3.00. The lowest BCUT2D eigenvalue weighted by atomic mass is 9.94. The maximum atomic E-state index is 12.5. The van der Waals surface area contributed by atoms with Crippen LogP contribution in [0.2, 0.25) is 0 Å². The number of halogens is 2. The summed E-state index contributed by atoms with van der Waals surface area (Å²) in [5.41, 5.74) is 1.13. The number of carbonyl (C=O) groups excluding carboxylic acids is 2. The molecule has 1 aromatic carbocycles. The number of esters is 1. The molecule has 1 aliphatic rings. The number of nitrogens with zero attached hydrogens (tertiary/aromatic N) is 1. The van der Waals surface area contributed by atoms with E-state index in [1.165, 1.54) is 37.3 Å². The first-order valence-electron chi connectivity index (χ1n) is 7.85. The third kappa shape index (κ3) is 3.87. The van der Waals surface area contributed by atoms with Crippen LogP contribution in [0, 0.1) is 0 Å². The van der Waals surface area contributed by atoms with Gasteiger partial charge >= 0.3 is 18.6 Å². The Bertz CT molecular complexity index is 736. The Morgan fingerprint density at radius 3 is 2.62 bits per heavy atom. The first-order valence-corrected chi connectivity index (χ1v) is 7.85.